The van der Waals surface area contributed by atoms with Gasteiger partial charge in [0.1, 0.15) is 23.7 Å². The third-order valence-electron chi connectivity index (χ3n) is 3.42. The summed E-state index contributed by atoms with van der Waals surface area (Å²) in [5.74, 6) is 0.264. The number of benzene rings is 1. The average molecular weight is 276 g/mol. The Kier molecular flexibility index (Phi) is 3.36. The van der Waals surface area contributed by atoms with Gasteiger partial charge >= 0.3 is 5.97 Å². The predicted molar refractivity (Wildman–Crippen MR) is 72.4 cm³/mol. The highest BCUT2D eigenvalue weighted by Gasteiger charge is 2.18. The van der Waals surface area contributed by atoms with Crippen LogP contribution in [0.5, 0.6) is 5.75 Å². The topological polar surface area (TPSA) is 68.9 Å². The maximum absolute atomic E-state index is 11.1. The molecule has 2 heterocycles. The lowest BCUT2D eigenvalue weighted by Gasteiger charge is -2.12. The Morgan fingerprint density at radius 1 is 1.45 bits per heavy atom. The number of carboxylic acid groups (broad SMARTS) is 1. The van der Waals surface area contributed by atoms with Crippen LogP contribution < -0.4 is 4.74 Å². The molecule has 5 heteroatoms. The minimum atomic E-state index is -0.997. The molecule has 1 aliphatic rings. The number of carbonyl (C=O) groups is 1. The van der Waals surface area contributed by atoms with Gasteiger partial charge in [-0.05, 0) is 38.0 Å². The van der Waals surface area contributed by atoms with Crippen molar-refractivity contribution in [3.05, 3.63) is 29.5 Å². The minimum absolute atomic E-state index is 0.0894. The van der Waals surface area contributed by atoms with E-state index in [2.05, 4.69) is 0 Å². The fraction of sp³-hybridized carbons (Fsp3) is 0.400. The number of furan rings is 1. The molecule has 106 valence electrons. The van der Waals surface area contributed by atoms with E-state index in [1.54, 1.807) is 0 Å². The van der Waals surface area contributed by atoms with Crippen LogP contribution in [0.25, 0.3) is 11.0 Å². The van der Waals surface area contributed by atoms with Crippen molar-refractivity contribution in [3.63, 3.8) is 0 Å². The molecule has 1 atom stereocenters. The van der Waals surface area contributed by atoms with E-state index in [0.717, 1.165) is 30.6 Å². The van der Waals surface area contributed by atoms with Crippen LogP contribution in [-0.4, -0.2) is 30.4 Å². The summed E-state index contributed by atoms with van der Waals surface area (Å²) in [4.78, 5) is 11.1. The van der Waals surface area contributed by atoms with Crippen LogP contribution in [0.15, 0.2) is 22.6 Å². The van der Waals surface area contributed by atoms with Gasteiger partial charge in [0.05, 0.1) is 17.1 Å². The number of hydrogen-bond acceptors (Lipinski definition) is 4. The Hall–Kier alpha value is -2.01. The monoisotopic (exact) mass is 276 g/mol. The highest BCUT2D eigenvalue weighted by molar-refractivity contribution is 5.95. The molecule has 1 aromatic heterocycles. The minimum Gasteiger partial charge on any atom is -0.490 e. The van der Waals surface area contributed by atoms with Gasteiger partial charge in [0.2, 0.25) is 0 Å². The smallest absolute Gasteiger partial charge is 0.335 e. The van der Waals surface area contributed by atoms with Crippen molar-refractivity contribution in [3.8, 4) is 5.75 Å². The molecule has 1 saturated heterocycles. The van der Waals surface area contributed by atoms with E-state index in [9.17, 15) is 4.79 Å². The molecule has 1 aromatic carbocycles. The Morgan fingerprint density at radius 3 is 3.00 bits per heavy atom. The highest BCUT2D eigenvalue weighted by Crippen LogP contribution is 2.31. The predicted octanol–water partition coefficient (Wildman–Crippen LogP) is 3.00. The second-order valence-corrected chi connectivity index (χ2v) is 4.99. The number of aryl methyl sites for hydroxylation is 1. The number of carboxylic acids is 1. The summed E-state index contributed by atoms with van der Waals surface area (Å²) in [5.41, 5.74) is 0.693. The van der Waals surface area contributed by atoms with E-state index in [4.69, 9.17) is 19.0 Å². The van der Waals surface area contributed by atoms with Gasteiger partial charge in [0, 0.05) is 6.61 Å². The van der Waals surface area contributed by atoms with Crippen molar-refractivity contribution in [2.45, 2.75) is 25.9 Å². The van der Waals surface area contributed by atoms with Crippen molar-refractivity contribution < 1.29 is 23.8 Å². The molecular weight excluding hydrogens is 260 g/mol. The summed E-state index contributed by atoms with van der Waals surface area (Å²) >= 11 is 0. The van der Waals surface area contributed by atoms with Crippen LogP contribution in [0.1, 0.15) is 29.0 Å². The fourth-order valence-corrected chi connectivity index (χ4v) is 2.44. The van der Waals surface area contributed by atoms with Crippen LogP contribution in [0.3, 0.4) is 0 Å². The maximum atomic E-state index is 11.1. The molecule has 2 aromatic rings. The standard InChI is InChI=1S/C15H16O5/c1-9-5-12-13(19-8-11-3-2-4-18-11)6-10(15(16)17)7-14(12)20-9/h5-7,11H,2-4,8H2,1H3,(H,16,17). The van der Waals surface area contributed by atoms with E-state index in [1.807, 2.05) is 13.0 Å². The molecular formula is C15H16O5. The maximum Gasteiger partial charge on any atom is 0.335 e. The highest BCUT2D eigenvalue weighted by atomic mass is 16.5. The Bertz CT molecular complexity index is 637. The molecule has 20 heavy (non-hydrogen) atoms. The van der Waals surface area contributed by atoms with Crippen LogP contribution in [0, 0.1) is 6.92 Å². The first kappa shape index (κ1) is 13.0. The molecule has 0 bridgehead atoms. The van der Waals surface area contributed by atoms with Gasteiger partial charge in [0.25, 0.3) is 0 Å². The summed E-state index contributed by atoms with van der Waals surface area (Å²) < 4.78 is 16.8. The van der Waals surface area contributed by atoms with Crippen LogP contribution in [0.2, 0.25) is 0 Å². The zero-order valence-corrected chi connectivity index (χ0v) is 11.2. The van der Waals surface area contributed by atoms with Gasteiger partial charge in [-0.25, -0.2) is 4.79 Å². The molecule has 5 nitrogen and oxygen atoms in total. The second kappa shape index (κ2) is 5.17. The van der Waals surface area contributed by atoms with Crippen molar-refractivity contribution in [2.75, 3.05) is 13.2 Å². The van der Waals surface area contributed by atoms with E-state index >= 15 is 0 Å². The molecule has 3 rings (SSSR count). The first-order chi connectivity index (χ1) is 9.63. The molecule has 1 aliphatic heterocycles. The van der Waals surface area contributed by atoms with Crippen LogP contribution in [-0.2, 0) is 4.74 Å². The van der Waals surface area contributed by atoms with Crippen molar-refractivity contribution >= 4 is 16.9 Å². The van der Waals surface area contributed by atoms with Crippen molar-refractivity contribution in [2.24, 2.45) is 0 Å². The normalized spacial score (nSPS) is 18.6. The summed E-state index contributed by atoms with van der Waals surface area (Å²) in [6.07, 6.45) is 2.11. The van der Waals surface area contributed by atoms with Gasteiger partial charge in [0.15, 0.2) is 0 Å². The van der Waals surface area contributed by atoms with E-state index in [1.165, 1.54) is 12.1 Å². The lowest BCUT2D eigenvalue weighted by atomic mass is 10.1. The van der Waals surface area contributed by atoms with Crippen molar-refractivity contribution in [1.29, 1.82) is 0 Å². The molecule has 1 fully saturated rings. The SMILES string of the molecule is Cc1cc2c(OCC3CCCO3)cc(C(=O)O)cc2o1. The second-order valence-electron chi connectivity index (χ2n) is 4.99. The fourth-order valence-electron chi connectivity index (χ4n) is 2.44. The largest absolute Gasteiger partial charge is 0.490 e. The van der Waals surface area contributed by atoms with Crippen molar-refractivity contribution in [1.82, 2.24) is 0 Å². The summed E-state index contributed by atoms with van der Waals surface area (Å²) in [6, 6.07) is 4.91. The van der Waals surface area contributed by atoms with E-state index < -0.39 is 5.97 Å². The van der Waals surface area contributed by atoms with E-state index in [0.29, 0.717) is 17.9 Å². The number of ether oxygens (including phenoxy) is 2. The summed E-state index contributed by atoms with van der Waals surface area (Å²) in [6.45, 7) is 3.02. The van der Waals surface area contributed by atoms with Crippen LogP contribution >= 0.6 is 0 Å². The average Bonchev–Trinajstić information content (AvgIpc) is 3.03. The quantitative estimate of drug-likeness (QED) is 0.929. The Balaban J connectivity index is 1.91. The van der Waals surface area contributed by atoms with Crippen LogP contribution in [0.4, 0.5) is 0 Å². The number of aromatic carboxylic acids is 1. The van der Waals surface area contributed by atoms with Gasteiger partial charge in [-0.2, -0.15) is 0 Å². The summed E-state index contributed by atoms with van der Waals surface area (Å²) in [7, 11) is 0. The molecule has 0 radical (unpaired) electrons. The molecule has 1 N–H and O–H groups in total. The molecule has 0 amide bonds. The van der Waals surface area contributed by atoms with Gasteiger partial charge in [-0.1, -0.05) is 0 Å². The van der Waals surface area contributed by atoms with Gasteiger partial charge < -0.3 is 19.0 Å². The van der Waals surface area contributed by atoms with E-state index in [-0.39, 0.29) is 11.7 Å². The Morgan fingerprint density at radius 2 is 2.30 bits per heavy atom. The first-order valence-corrected chi connectivity index (χ1v) is 6.65. The zero-order chi connectivity index (χ0) is 14.1. The van der Waals surface area contributed by atoms with Gasteiger partial charge in [-0.3, -0.25) is 0 Å². The number of hydrogen-bond donors (Lipinski definition) is 1. The molecule has 0 aliphatic carbocycles. The number of rotatable bonds is 4. The third-order valence-corrected chi connectivity index (χ3v) is 3.42. The third kappa shape index (κ3) is 2.49. The molecule has 1 unspecified atom stereocenters. The Labute approximate surface area is 116 Å². The molecule has 0 spiro atoms. The lowest BCUT2D eigenvalue weighted by Crippen LogP contribution is -2.16. The zero-order valence-electron chi connectivity index (χ0n) is 11.2. The lowest BCUT2D eigenvalue weighted by molar-refractivity contribution is 0.0676. The first-order valence-electron chi connectivity index (χ1n) is 6.65. The molecule has 0 saturated carbocycles. The number of fused-ring (bicyclic) bond motifs is 1. The summed E-state index contributed by atoms with van der Waals surface area (Å²) in [5, 5.41) is 9.93. The van der Waals surface area contributed by atoms with Gasteiger partial charge in [-0.15, -0.1) is 0 Å².